The molecule has 0 atom stereocenters. The minimum Gasteiger partial charge on any atom is -0.409 e. The molecular formula is C14H20N4O2. The van der Waals surface area contributed by atoms with Crippen molar-refractivity contribution in [3.05, 3.63) is 29.8 Å². The van der Waals surface area contributed by atoms with Gasteiger partial charge in [0.25, 0.3) is 0 Å². The lowest BCUT2D eigenvalue weighted by Gasteiger charge is -2.31. The number of benzene rings is 1. The molecule has 0 aromatic heterocycles. The van der Waals surface area contributed by atoms with Crippen molar-refractivity contribution >= 4 is 17.6 Å². The molecule has 1 heterocycles. The number of amidine groups is 1. The first-order chi connectivity index (χ1) is 9.65. The van der Waals surface area contributed by atoms with Gasteiger partial charge in [-0.2, -0.15) is 0 Å². The number of amides is 2. The molecule has 6 heteroatoms. The molecule has 0 radical (unpaired) electrons. The van der Waals surface area contributed by atoms with Crippen LogP contribution in [0, 0.1) is 0 Å². The number of carbonyl (C=O) groups is 1. The molecule has 20 heavy (non-hydrogen) atoms. The van der Waals surface area contributed by atoms with E-state index in [1.54, 1.807) is 30.1 Å². The Bertz CT molecular complexity index is 510. The van der Waals surface area contributed by atoms with Crippen molar-refractivity contribution in [2.24, 2.45) is 10.9 Å². The van der Waals surface area contributed by atoms with Crippen molar-refractivity contribution in [3.8, 4) is 0 Å². The van der Waals surface area contributed by atoms with Gasteiger partial charge < -0.3 is 15.8 Å². The summed E-state index contributed by atoms with van der Waals surface area (Å²) < 4.78 is 0. The number of nitrogens with zero attached hydrogens (tertiary/aromatic N) is 3. The number of piperidine rings is 1. The number of anilines is 1. The van der Waals surface area contributed by atoms with Crippen LogP contribution in [0.25, 0.3) is 0 Å². The van der Waals surface area contributed by atoms with Gasteiger partial charge >= 0.3 is 6.03 Å². The van der Waals surface area contributed by atoms with Crippen LogP contribution in [0.2, 0.25) is 0 Å². The van der Waals surface area contributed by atoms with E-state index in [1.807, 2.05) is 11.0 Å². The van der Waals surface area contributed by atoms with Gasteiger partial charge in [0.1, 0.15) is 0 Å². The van der Waals surface area contributed by atoms with Gasteiger partial charge in [-0.1, -0.05) is 17.3 Å². The van der Waals surface area contributed by atoms with E-state index < -0.39 is 0 Å². The second kappa shape index (κ2) is 6.27. The van der Waals surface area contributed by atoms with E-state index in [-0.39, 0.29) is 11.9 Å². The van der Waals surface area contributed by atoms with Crippen LogP contribution >= 0.6 is 0 Å². The summed E-state index contributed by atoms with van der Waals surface area (Å²) in [6.45, 7) is 1.57. The van der Waals surface area contributed by atoms with Crippen LogP contribution in [0.3, 0.4) is 0 Å². The van der Waals surface area contributed by atoms with Crippen LogP contribution in [-0.2, 0) is 0 Å². The lowest BCUT2D eigenvalue weighted by Crippen LogP contribution is -2.44. The summed E-state index contributed by atoms with van der Waals surface area (Å²) in [5, 5.41) is 11.8. The summed E-state index contributed by atoms with van der Waals surface area (Å²) in [7, 11) is 1.71. The number of nitrogens with two attached hydrogens (primary N) is 1. The molecule has 1 aliphatic rings. The topological polar surface area (TPSA) is 82.2 Å². The minimum absolute atomic E-state index is 0.00102. The van der Waals surface area contributed by atoms with Crippen molar-refractivity contribution in [2.45, 2.75) is 19.3 Å². The highest BCUT2D eigenvalue weighted by atomic mass is 16.4. The van der Waals surface area contributed by atoms with Gasteiger partial charge in [0.15, 0.2) is 5.84 Å². The second-order valence-electron chi connectivity index (χ2n) is 4.89. The molecule has 2 amide bonds. The number of likely N-dealkylation sites (tertiary alicyclic amines) is 1. The van der Waals surface area contributed by atoms with Gasteiger partial charge in [-0.25, -0.2) is 4.79 Å². The highest BCUT2D eigenvalue weighted by Gasteiger charge is 2.23. The van der Waals surface area contributed by atoms with Crippen LogP contribution in [-0.4, -0.2) is 42.1 Å². The Hall–Kier alpha value is -2.24. The number of oxime groups is 1. The molecule has 1 fully saturated rings. The van der Waals surface area contributed by atoms with Crippen molar-refractivity contribution in [1.29, 1.82) is 0 Å². The minimum atomic E-state index is -0.0529. The number of hydrogen-bond donors (Lipinski definition) is 2. The first-order valence-corrected chi connectivity index (χ1v) is 6.74. The van der Waals surface area contributed by atoms with Crippen LogP contribution in [0.15, 0.2) is 29.4 Å². The smallest absolute Gasteiger partial charge is 0.324 e. The van der Waals surface area contributed by atoms with E-state index in [0.29, 0.717) is 11.3 Å². The lowest BCUT2D eigenvalue weighted by atomic mass is 10.1. The van der Waals surface area contributed by atoms with E-state index >= 15 is 0 Å². The predicted molar refractivity (Wildman–Crippen MR) is 78.2 cm³/mol. The van der Waals surface area contributed by atoms with Gasteiger partial charge in [-0.05, 0) is 31.4 Å². The maximum Gasteiger partial charge on any atom is 0.324 e. The first kappa shape index (κ1) is 14.2. The fraction of sp³-hybridized carbons (Fsp3) is 0.429. The molecule has 1 saturated heterocycles. The van der Waals surface area contributed by atoms with Gasteiger partial charge in [0, 0.05) is 25.7 Å². The fourth-order valence-electron chi connectivity index (χ4n) is 2.44. The Labute approximate surface area is 118 Å². The standard InChI is InChI=1S/C14H20N4O2/c1-17(14(19)18-9-5-2-6-10-18)12-8-4-3-7-11(12)13(15)16-20/h3-4,7-8,20H,2,5-6,9-10H2,1H3,(H2,15,16). The summed E-state index contributed by atoms with van der Waals surface area (Å²) in [6, 6.07) is 7.07. The molecule has 0 unspecified atom stereocenters. The third-order valence-electron chi connectivity index (χ3n) is 3.56. The number of carbonyl (C=O) groups excluding carboxylic acids is 1. The summed E-state index contributed by atoms with van der Waals surface area (Å²) in [6.07, 6.45) is 3.26. The maximum atomic E-state index is 12.5. The third kappa shape index (κ3) is 2.84. The quantitative estimate of drug-likeness (QED) is 0.374. The maximum absolute atomic E-state index is 12.5. The van der Waals surface area contributed by atoms with Crippen LogP contribution < -0.4 is 10.6 Å². The second-order valence-corrected chi connectivity index (χ2v) is 4.89. The largest absolute Gasteiger partial charge is 0.409 e. The zero-order valence-electron chi connectivity index (χ0n) is 11.6. The van der Waals surface area contributed by atoms with Crippen molar-refractivity contribution < 1.29 is 10.0 Å². The van der Waals surface area contributed by atoms with Crippen molar-refractivity contribution in [3.63, 3.8) is 0 Å². The zero-order chi connectivity index (χ0) is 14.5. The molecule has 1 aromatic carbocycles. The summed E-state index contributed by atoms with van der Waals surface area (Å²) in [5.41, 5.74) is 6.84. The monoisotopic (exact) mass is 276 g/mol. The Kier molecular flexibility index (Phi) is 4.45. The Morgan fingerprint density at radius 1 is 1.30 bits per heavy atom. The SMILES string of the molecule is CN(C(=O)N1CCCCC1)c1ccccc1/C(N)=N/O. The average molecular weight is 276 g/mol. The number of hydrogen-bond acceptors (Lipinski definition) is 3. The van der Waals surface area contributed by atoms with E-state index in [1.165, 1.54) is 6.42 Å². The molecular weight excluding hydrogens is 256 g/mol. The Morgan fingerprint density at radius 2 is 1.95 bits per heavy atom. The molecule has 0 saturated carbocycles. The van der Waals surface area contributed by atoms with E-state index in [2.05, 4.69) is 5.16 Å². The number of urea groups is 1. The summed E-state index contributed by atoms with van der Waals surface area (Å²) in [5.74, 6) is -0.00102. The van der Waals surface area contributed by atoms with Crippen LogP contribution in [0.5, 0.6) is 0 Å². The van der Waals surface area contributed by atoms with Gasteiger partial charge in [0.2, 0.25) is 0 Å². The van der Waals surface area contributed by atoms with Gasteiger partial charge in [-0.15, -0.1) is 0 Å². The lowest BCUT2D eigenvalue weighted by molar-refractivity contribution is 0.194. The first-order valence-electron chi connectivity index (χ1n) is 6.74. The van der Waals surface area contributed by atoms with Crippen molar-refractivity contribution in [1.82, 2.24) is 4.90 Å². The van der Waals surface area contributed by atoms with Crippen molar-refractivity contribution in [2.75, 3.05) is 25.0 Å². The number of rotatable bonds is 2. The van der Waals surface area contributed by atoms with E-state index in [0.717, 1.165) is 25.9 Å². The molecule has 3 N–H and O–H groups in total. The Balaban J connectivity index is 2.24. The molecule has 0 bridgehead atoms. The van der Waals surface area contributed by atoms with E-state index in [9.17, 15) is 4.79 Å². The van der Waals surface area contributed by atoms with Crippen LogP contribution in [0.4, 0.5) is 10.5 Å². The molecule has 1 aliphatic heterocycles. The summed E-state index contributed by atoms with van der Waals surface area (Å²) in [4.78, 5) is 15.9. The molecule has 2 rings (SSSR count). The molecule has 0 spiro atoms. The third-order valence-corrected chi connectivity index (χ3v) is 3.56. The molecule has 1 aromatic rings. The normalized spacial score (nSPS) is 16.1. The zero-order valence-corrected chi connectivity index (χ0v) is 11.6. The highest BCUT2D eigenvalue weighted by Crippen LogP contribution is 2.21. The van der Waals surface area contributed by atoms with Gasteiger partial charge in [0.05, 0.1) is 5.69 Å². The van der Waals surface area contributed by atoms with E-state index in [4.69, 9.17) is 10.9 Å². The molecule has 6 nitrogen and oxygen atoms in total. The summed E-state index contributed by atoms with van der Waals surface area (Å²) >= 11 is 0. The molecule has 108 valence electrons. The average Bonchev–Trinajstić information content (AvgIpc) is 2.53. The molecule has 0 aliphatic carbocycles. The highest BCUT2D eigenvalue weighted by molar-refractivity contribution is 6.05. The van der Waals surface area contributed by atoms with Crippen LogP contribution in [0.1, 0.15) is 24.8 Å². The Morgan fingerprint density at radius 3 is 2.60 bits per heavy atom. The predicted octanol–water partition coefficient (Wildman–Crippen LogP) is 1.82. The number of para-hydroxylation sites is 1. The fourth-order valence-corrected chi connectivity index (χ4v) is 2.44. The van der Waals surface area contributed by atoms with Gasteiger partial charge in [-0.3, -0.25) is 4.90 Å².